The molecule has 1 aromatic carbocycles. The van der Waals surface area contributed by atoms with Crippen molar-refractivity contribution in [1.29, 1.82) is 0 Å². The maximum Gasteiger partial charge on any atom is 0.229 e. The van der Waals surface area contributed by atoms with E-state index in [0.717, 1.165) is 41.6 Å². The van der Waals surface area contributed by atoms with Crippen molar-refractivity contribution in [3.8, 4) is 5.75 Å². The fourth-order valence-electron chi connectivity index (χ4n) is 2.79. The predicted molar refractivity (Wildman–Crippen MR) is 86.0 cm³/mol. The number of benzene rings is 1. The Labute approximate surface area is 128 Å². The molecule has 1 amide bonds. The second-order valence-electron chi connectivity index (χ2n) is 5.41. The summed E-state index contributed by atoms with van der Waals surface area (Å²) in [4.78, 5) is 16.7. The van der Waals surface area contributed by atoms with Gasteiger partial charge in [-0.15, -0.1) is 0 Å². The number of hydrogen-bond donors (Lipinski definition) is 1. The molecule has 112 valence electrons. The quantitative estimate of drug-likeness (QED) is 0.920. The van der Waals surface area contributed by atoms with Gasteiger partial charge in [-0.1, -0.05) is 30.6 Å². The van der Waals surface area contributed by atoms with E-state index in [-0.39, 0.29) is 11.8 Å². The number of anilines is 1. The largest absolute Gasteiger partial charge is 0.494 e. The van der Waals surface area contributed by atoms with E-state index in [1.54, 1.807) is 0 Å². The lowest BCUT2D eigenvalue weighted by Crippen LogP contribution is -2.24. The van der Waals surface area contributed by atoms with Crippen LogP contribution in [0, 0.1) is 5.92 Å². The van der Waals surface area contributed by atoms with Crippen molar-refractivity contribution in [2.45, 2.75) is 39.0 Å². The number of nitrogens with one attached hydrogen (secondary N) is 1. The van der Waals surface area contributed by atoms with Crippen LogP contribution in [0.15, 0.2) is 18.2 Å². The molecule has 0 saturated heterocycles. The normalized spacial score (nSPS) is 16.0. The van der Waals surface area contributed by atoms with Crippen LogP contribution in [-0.4, -0.2) is 17.5 Å². The van der Waals surface area contributed by atoms with E-state index in [2.05, 4.69) is 10.3 Å². The van der Waals surface area contributed by atoms with Crippen LogP contribution >= 0.6 is 11.3 Å². The van der Waals surface area contributed by atoms with Gasteiger partial charge in [0, 0.05) is 5.92 Å². The molecule has 1 aliphatic rings. The Hall–Kier alpha value is -1.62. The summed E-state index contributed by atoms with van der Waals surface area (Å²) in [5.74, 6) is 1.13. The number of aromatic nitrogens is 1. The summed E-state index contributed by atoms with van der Waals surface area (Å²) in [6, 6.07) is 5.83. The molecular weight excluding hydrogens is 284 g/mol. The van der Waals surface area contributed by atoms with E-state index in [1.807, 2.05) is 25.1 Å². The molecule has 1 N–H and O–H groups in total. The molecule has 0 bridgehead atoms. The Morgan fingerprint density at radius 1 is 1.38 bits per heavy atom. The van der Waals surface area contributed by atoms with E-state index in [4.69, 9.17) is 4.74 Å². The number of hydrogen-bond acceptors (Lipinski definition) is 4. The molecule has 0 atom stereocenters. The van der Waals surface area contributed by atoms with Crippen molar-refractivity contribution in [3.63, 3.8) is 0 Å². The Morgan fingerprint density at radius 3 is 2.95 bits per heavy atom. The Balaban J connectivity index is 1.73. The second-order valence-corrected chi connectivity index (χ2v) is 6.44. The summed E-state index contributed by atoms with van der Waals surface area (Å²) < 4.78 is 6.53. The highest BCUT2D eigenvalue weighted by molar-refractivity contribution is 7.22. The highest BCUT2D eigenvalue weighted by Gasteiger charge is 2.22. The van der Waals surface area contributed by atoms with E-state index in [1.165, 1.54) is 17.8 Å². The highest BCUT2D eigenvalue weighted by atomic mass is 32.1. The number of carbonyl (C=O) groups excluding carboxylic acids is 1. The maximum atomic E-state index is 12.2. The first-order chi connectivity index (χ1) is 10.3. The van der Waals surface area contributed by atoms with Gasteiger partial charge in [0.05, 0.1) is 16.8 Å². The molecule has 5 heteroatoms. The number of rotatable bonds is 4. The third-order valence-corrected chi connectivity index (χ3v) is 4.81. The number of thiazole rings is 1. The van der Waals surface area contributed by atoms with Crippen molar-refractivity contribution < 1.29 is 9.53 Å². The molecule has 0 radical (unpaired) electrons. The summed E-state index contributed by atoms with van der Waals surface area (Å²) in [5, 5.41) is 3.67. The molecule has 1 aromatic heterocycles. The minimum atomic E-state index is 0.124. The third kappa shape index (κ3) is 3.35. The predicted octanol–water partition coefficient (Wildman–Crippen LogP) is 4.21. The Bertz CT molecular complexity index is 632. The molecule has 1 heterocycles. The van der Waals surface area contributed by atoms with Crippen LogP contribution in [0.3, 0.4) is 0 Å². The topological polar surface area (TPSA) is 51.2 Å². The zero-order valence-corrected chi connectivity index (χ0v) is 13.0. The third-order valence-electron chi connectivity index (χ3n) is 3.88. The van der Waals surface area contributed by atoms with E-state index < -0.39 is 0 Å². The van der Waals surface area contributed by atoms with Crippen LogP contribution in [0.5, 0.6) is 5.75 Å². The van der Waals surface area contributed by atoms with Gasteiger partial charge < -0.3 is 10.1 Å². The van der Waals surface area contributed by atoms with Gasteiger partial charge in [0.15, 0.2) is 5.13 Å². The molecular formula is C16H20N2O2S. The molecule has 1 fully saturated rings. The maximum absolute atomic E-state index is 12.2. The first kappa shape index (κ1) is 14.3. The number of fused-ring (bicyclic) bond motifs is 1. The van der Waals surface area contributed by atoms with Crippen molar-refractivity contribution in [1.82, 2.24) is 4.98 Å². The van der Waals surface area contributed by atoms with Gasteiger partial charge in [-0.3, -0.25) is 4.79 Å². The minimum absolute atomic E-state index is 0.124. The van der Waals surface area contributed by atoms with Crippen molar-refractivity contribution in [2.24, 2.45) is 5.92 Å². The van der Waals surface area contributed by atoms with Gasteiger partial charge in [0.1, 0.15) is 5.75 Å². The second kappa shape index (κ2) is 6.43. The van der Waals surface area contributed by atoms with Crippen LogP contribution in [0.1, 0.15) is 39.0 Å². The van der Waals surface area contributed by atoms with Crippen molar-refractivity contribution in [2.75, 3.05) is 11.9 Å². The van der Waals surface area contributed by atoms with Crippen LogP contribution in [-0.2, 0) is 4.79 Å². The van der Waals surface area contributed by atoms with Gasteiger partial charge in [-0.2, -0.15) is 0 Å². The monoisotopic (exact) mass is 304 g/mol. The van der Waals surface area contributed by atoms with Crippen LogP contribution in [0.2, 0.25) is 0 Å². The first-order valence-electron chi connectivity index (χ1n) is 7.60. The lowest BCUT2D eigenvalue weighted by Gasteiger charge is -2.19. The van der Waals surface area contributed by atoms with Gasteiger partial charge in [0.25, 0.3) is 0 Å². The number of carbonyl (C=O) groups is 1. The summed E-state index contributed by atoms with van der Waals surface area (Å²) in [6.07, 6.45) is 5.59. The first-order valence-corrected chi connectivity index (χ1v) is 8.42. The van der Waals surface area contributed by atoms with Crippen LogP contribution in [0.4, 0.5) is 5.13 Å². The lowest BCUT2D eigenvalue weighted by atomic mass is 9.89. The van der Waals surface area contributed by atoms with Gasteiger partial charge >= 0.3 is 0 Å². The van der Waals surface area contributed by atoms with Gasteiger partial charge in [0.2, 0.25) is 5.91 Å². The Morgan fingerprint density at radius 2 is 2.19 bits per heavy atom. The SMILES string of the molecule is CCOc1ccc2nc(NC(=O)C3CCCCC3)sc2c1. The van der Waals surface area contributed by atoms with Crippen molar-refractivity contribution >= 4 is 32.6 Å². The molecule has 2 aromatic rings. The molecule has 1 saturated carbocycles. The molecule has 3 rings (SSSR count). The number of ether oxygens (including phenoxy) is 1. The molecule has 1 aliphatic carbocycles. The zero-order valence-electron chi connectivity index (χ0n) is 12.2. The molecule has 0 aliphatic heterocycles. The average molecular weight is 304 g/mol. The molecule has 4 nitrogen and oxygen atoms in total. The molecule has 21 heavy (non-hydrogen) atoms. The average Bonchev–Trinajstić information content (AvgIpc) is 2.90. The van der Waals surface area contributed by atoms with Crippen molar-refractivity contribution in [3.05, 3.63) is 18.2 Å². The summed E-state index contributed by atoms with van der Waals surface area (Å²) in [7, 11) is 0. The highest BCUT2D eigenvalue weighted by Crippen LogP contribution is 2.31. The standard InChI is InChI=1S/C16H20N2O2S/c1-2-20-12-8-9-13-14(10-12)21-16(17-13)18-15(19)11-6-4-3-5-7-11/h8-11H,2-7H2,1H3,(H,17,18,19). The van der Waals surface area contributed by atoms with Gasteiger partial charge in [-0.05, 0) is 38.0 Å². The summed E-state index contributed by atoms with van der Waals surface area (Å²) in [5.41, 5.74) is 0.905. The fourth-order valence-corrected chi connectivity index (χ4v) is 3.68. The summed E-state index contributed by atoms with van der Waals surface area (Å²) in [6.45, 7) is 2.61. The molecule has 0 unspecified atom stereocenters. The number of amides is 1. The van der Waals surface area contributed by atoms with Gasteiger partial charge in [-0.25, -0.2) is 4.98 Å². The smallest absolute Gasteiger partial charge is 0.229 e. The lowest BCUT2D eigenvalue weighted by molar-refractivity contribution is -0.120. The van der Waals surface area contributed by atoms with E-state index in [0.29, 0.717) is 11.7 Å². The van der Waals surface area contributed by atoms with Crippen LogP contribution < -0.4 is 10.1 Å². The summed E-state index contributed by atoms with van der Waals surface area (Å²) >= 11 is 1.51. The van der Waals surface area contributed by atoms with E-state index >= 15 is 0 Å². The van der Waals surface area contributed by atoms with Crippen LogP contribution in [0.25, 0.3) is 10.2 Å². The Kier molecular flexibility index (Phi) is 4.39. The van der Waals surface area contributed by atoms with E-state index in [9.17, 15) is 4.79 Å². The number of nitrogens with zero attached hydrogens (tertiary/aromatic N) is 1. The fraction of sp³-hybridized carbons (Fsp3) is 0.500. The molecule has 0 spiro atoms. The zero-order chi connectivity index (χ0) is 14.7. The minimum Gasteiger partial charge on any atom is -0.494 e.